The van der Waals surface area contributed by atoms with E-state index in [-0.39, 0.29) is 5.91 Å². The highest BCUT2D eigenvalue weighted by Gasteiger charge is 2.45. The Hall–Kier alpha value is -0.610. The molecule has 0 aromatic carbocycles. The van der Waals surface area contributed by atoms with Crippen molar-refractivity contribution in [1.82, 2.24) is 15.1 Å². The fourth-order valence-electron chi connectivity index (χ4n) is 3.94. The van der Waals surface area contributed by atoms with Crippen LogP contribution in [0.25, 0.3) is 0 Å². The van der Waals surface area contributed by atoms with Crippen LogP contribution in [0.2, 0.25) is 0 Å². The van der Waals surface area contributed by atoms with Gasteiger partial charge in [-0.2, -0.15) is 0 Å². The van der Waals surface area contributed by atoms with Gasteiger partial charge in [0, 0.05) is 32.0 Å². The highest BCUT2D eigenvalue weighted by atomic mass is 16.2. The average Bonchev–Trinajstić information content (AvgIpc) is 2.58. The molecule has 3 rings (SSSR count). The van der Waals surface area contributed by atoms with Gasteiger partial charge in [0.05, 0.1) is 0 Å². The molecule has 4 nitrogen and oxygen atoms in total. The third-order valence-electron chi connectivity index (χ3n) is 5.39. The molecule has 3 aliphatic heterocycles. The van der Waals surface area contributed by atoms with Crippen molar-refractivity contribution in [3.63, 3.8) is 0 Å². The number of piperidine rings is 2. The summed E-state index contributed by atoms with van der Waals surface area (Å²) in [5.41, 5.74) is 0.482. The van der Waals surface area contributed by atoms with Crippen molar-refractivity contribution in [2.75, 3.05) is 45.8 Å². The lowest BCUT2D eigenvalue weighted by atomic mass is 9.72. The molecule has 23 heavy (non-hydrogen) atoms. The number of carbonyl (C=O) groups is 1. The Morgan fingerprint density at radius 2 is 1.57 bits per heavy atom. The fraction of sp³-hybridized carbons (Fsp3) is 0.947. The highest BCUT2D eigenvalue weighted by Crippen LogP contribution is 2.40. The average molecular weight is 326 g/mol. The Labute approximate surface area is 144 Å². The van der Waals surface area contributed by atoms with Gasteiger partial charge in [-0.3, -0.25) is 4.79 Å². The zero-order valence-electron chi connectivity index (χ0n) is 16.2. The minimum atomic E-state index is 0.253. The second kappa shape index (κ2) is 10.3. The number of nitrogens with one attached hydrogen (secondary N) is 1. The zero-order valence-corrected chi connectivity index (χ0v) is 16.2. The Morgan fingerprint density at radius 3 is 2.04 bits per heavy atom. The Morgan fingerprint density at radius 1 is 1.04 bits per heavy atom. The maximum Gasteiger partial charge on any atom is 0.219 e. The van der Waals surface area contributed by atoms with Gasteiger partial charge in [0.25, 0.3) is 0 Å². The summed E-state index contributed by atoms with van der Waals surface area (Å²) in [6.45, 7) is 17.9. The van der Waals surface area contributed by atoms with Crippen LogP contribution in [0.5, 0.6) is 0 Å². The molecule has 1 spiro atoms. The van der Waals surface area contributed by atoms with Crippen molar-refractivity contribution >= 4 is 5.91 Å². The molecule has 0 aliphatic carbocycles. The standard InChI is InChI=1S/C15H27N3O.2C2H6/c1-13(19)18-11-15(12-18)4-8-17(9-5-15)10-14-2-6-16-7-3-14;2*1-2/h14,16H,2-12H2,1H3;2*1-2H3. The molecule has 3 heterocycles. The summed E-state index contributed by atoms with van der Waals surface area (Å²) in [5, 5.41) is 3.44. The Balaban J connectivity index is 0.000000615. The SMILES string of the molecule is CC.CC.CC(=O)N1CC2(CCN(CC3CCNCC3)CC2)C1. The van der Waals surface area contributed by atoms with E-state index in [0.29, 0.717) is 5.41 Å². The number of carbonyl (C=O) groups excluding carboxylic acids is 1. The van der Waals surface area contributed by atoms with Crippen LogP contribution < -0.4 is 5.32 Å². The first-order valence-corrected chi connectivity index (χ1v) is 9.85. The molecule has 0 atom stereocenters. The van der Waals surface area contributed by atoms with E-state index in [0.717, 1.165) is 19.0 Å². The van der Waals surface area contributed by atoms with Crippen LogP contribution in [0.1, 0.15) is 60.3 Å². The highest BCUT2D eigenvalue weighted by molar-refractivity contribution is 5.74. The molecule has 0 bridgehead atoms. The van der Waals surface area contributed by atoms with Gasteiger partial charge >= 0.3 is 0 Å². The number of hydrogen-bond donors (Lipinski definition) is 1. The van der Waals surface area contributed by atoms with Crippen molar-refractivity contribution in [3.05, 3.63) is 0 Å². The predicted octanol–water partition coefficient (Wildman–Crippen LogP) is 2.98. The van der Waals surface area contributed by atoms with Gasteiger partial charge in [0.1, 0.15) is 0 Å². The topological polar surface area (TPSA) is 35.6 Å². The first-order valence-electron chi connectivity index (χ1n) is 9.85. The largest absolute Gasteiger partial charge is 0.342 e. The zero-order chi connectivity index (χ0) is 17.3. The molecule has 3 fully saturated rings. The summed E-state index contributed by atoms with van der Waals surface area (Å²) in [6.07, 6.45) is 5.28. The molecule has 0 radical (unpaired) electrons. The van der Waals surface area contributed by atoms with E-state index in [1.54, 1.807) is 6.92 Å². The maximum absolute atomic E-state index is 11.3. The van der Waals surface area contributed by atoms with E-state index in [2.05, 4.69) is 10.2 Å². The van der Waals surface area contributed by atoms with Gasteiger partial charge in [-0.1, -0.05) is 27.7 Å². The molecule has 0 aromatic rings. The van der Waals surface area contributed by atoms with Crippen molar-refractivity contribution in [1.29, 1.82) is 0 Å². The third kappa shape index (κ3) is 5.75. The Bertz CT molecular complexity index is 324. The second-order valence-corrected chi connectivity index (χ2v) is 6.87. The third-order valence-corrected chi connectivity index (χ3v) is 5.39. The minimum Gasteiger partial charge on any atom is -0.342 e. The van der Waals surface area contributed by atoms with Gasteiger partial charge in [-0.25, -0.2) is 0 Å². The van der Waals surface area contributed by atoms with E-state index in [1.165, 1.54) is 58.4 Å². The molecule has 0 aromatic heterocycles. The van der Waals surface area contributed by atoms with Crippen molar-refractivity contribution in [2.45, 2.75) is 60.3 Å². The molecule has 3 aliphatic rings. The van der Waals surface area contributed by atoms with Gasteiger partial charge in [0.15, 0.2) is 0 Å². The normalized spacial score (nSPS) is 24.0. The smallest absolute Gasteiger partial charge is 0.219 e. The van der Waals surface area contributed by atoms with Crippen molar-refractivity contribution in [2.24, 2.45) is 11.3 Å². The van der Waals surface area contributed by atoms with Crippen LogP contribution in [-0.4, -0.2) is 61.5 Å². The number of rotatable bonds is 2. The first kappa shape index (κ1) is 20.4. The molecule has 3 saturated heterocycles. The monoisotopic (exact) mass is 325 g/mol. The molecule has 0 unspecified atom stereocenters. The van der Waals surface area contributed by atoms with Gasteiger partial charge in [-0.15, -0.1) is 0 Å². The summed E-state index contributed by atoms with van der Waals surface area (Å²) in [7, 11) is 0. The Kier molecular flexibility index (Phi) is 9.15. The summed E-state index contributed by atoms with van der Waals surface area (Å²) >= 11 is 0. The number of amides is 1. The quantitative estimate of drug-likeness (QED) is 0.848. The van der Waals surface area contributed by atoms with Gasteiger partial charge in [0.2, 0.25) is 5.91 Å². The predicted molar refractivity (Wildman–Crippen MR) is 98.7 cm³/mol. The molecule has 1 N–H and O–H groups in total. The summed E-state index contributed by atoms with van der Waals surface area (Å²) < 4.78 is 0. The minimum absolute atomic E-state index is 0.253. The molecule has 4 heteroatoms. The lowest BCUT2D eigenvalue weighted by Crippen LogP contribution is -2.61. The lowest BCUT2D eigenvalue weighted by molar-refractivity contribution is -0.144. The first-order chi connectivity index (χ1) is 11.2. The fourth-order valence-corrected chi connectivity index (χ4v) is 3.94. The van der Waals surface area contributed by atoms with Gasteiger partial charge in [-0.05, 0) is 57.8 Å². The summed E-state index contributed by atoms with van der Waals surface area (Å²) in [5.74, 6) is 1.16. The molecule has 1 amide bonds. The summed E-state index contributed by atoms with van der Waals surface area (Å²) in [6, 6.07) is 0. The van der Waals surface area contributed by atoms with Crippen LogP contribution in [-0.2, 0) is 4.79 Å². The molecular weight excluding hydrogens is 286 g/mol. The number of hydrogen-bond acceptors (Lipinski definition) is 3. The second-order valence-electron chi connectivity index (χ2n) is 6.87. The van der Waals surface area contributed by atoms with Crippen LogP contribution in [0, 0.1) is 11.3 Å². The molecular formula is C19H39N3O. The van der Waals surface area contributed by atoms with E-state index >= 15 is 0 Å². The lowest BCUT2D eigenvalue weighted by Gasteiger charge is -2.54. The van der Waals surface area contributed by atoms with E-state index in [4.69, 9.17) is 0 Å². The van der Waals surface area contributed by atoms with Crippen molar-refractivity contribution < 1.29 is 4.79 Å². The van der Waals surface area contributed by atoms with Crippen molar-refractivity contribution in [3.8, 4) is 0 Å². The summed E-state index contributed by atoms with van der Waals surface area (Å²) in [4.78, 5) is 16.0. The molecule has 0 saturated carbocycles. The van der Waals surface area contributed by atoms with Crippen LogP contribution in [0.15, 0.2) is 0 Å². The van der Waals surface area contributed by atoms with E-state index in [9.17, 15) is 4.79 Å². The number of nitrogens with zero attached hydrogens (tertiary/aromatic N) is 2. The van der Waals surface area contributed by atoms with E-state index < -0.39 is 0 Å². The maximum atomic E-state index is 11.3. The number of likely N-dealkylation sites (tertiary alicyclic amines) is 2. The van der Waals surface area contributed by atoms with Crippen LogP contribution >= 0.6 is 0 Å². The van der Waals surface area contributed by atoms with Crippen LogP contribution in [0.4, 0.5) is 0 Å². The molecule has 136 valence electrons. The van der Waals surface area contributed by atoms with Crippen LogP contribution in [0.3, 0.4) is 0 Å². The van der Waals surface area contributed by atoms with E-state index in [1.807, 2.05) is 32.6 Å². The van der Waals surface area contributed by atoms with Gasteiger partial charge < -0.3 is 15.1 Å².